The summed E-state index contributed by atoms with van der Waals surface area (Å²) in [6.07, 6.45) is 7.42. The number of hydrogen-bond donors (Lipinski definition) is 0. The second kappa shape index (κ2) is 8.87. The zero-order valence-corrected chi connectivity index (χ0v) is 15.5. The number of anilines is 1. The molecule has 0 saturated heterocycles. The molecule has 1 aromatic carbocycles. The van der Waals surface area contributed by atoms with E-state index in [1.807, 2.05) is 27.7 Å². The van der Waals surface area contributed by atoms with E-state index in [2.05, 4.69) is 67.4 Å². The van der Waals surface area contributed by atoms with Crippen molar-refractivity contribution in [1.82, 2.24) is 4.90 Å². The number of para-hydroxylation sites is 1. The largest absolute Gasteiger partial charge is 0.358 e. The van der Waals surface area contributed by atoms with Crippen molar-refractivity contribution in [3.63, 3.8) is 0 Å². The second-order valence-corrected chi connectivity index (χ2v) is 5.43. The lowest BCUT2D eigenvalue weighted by Crippen LogP contribution is -2.48. The van der Waals surface area contributed by atoms with Gasteiger partial charge in [-0.3, -0.25) is 0 Å². The molecule has 2 aliphatic heterocycles. The van der Waals surface area contributed by atoms with Gasteiger partial charge in [0.2, 0.25) is 0 Å². The van der Waals surface area contributed by atoms with E-state index in [9.17, 15) is 0 Å². The van der Waals surface area contributed by atoms with Gasteiger partial charge in [-0.05, 0) is 30.4 Å². The molecule has 0 aromatic heterocycles. The molecule has 3 rings (SSSR count). The van der Waals surface area contributed by atoms with Gasteiger partial charge < -0.3 is 9.80 Å². The molecule has 2 heteroatoms. The van der Waals surface area contributed by atoms with Crippen LogP contribution in [0.25, 0.3) is 0 Å². The second-order valence-electron chi connectivity index (χ2n) is 5.43. The molecular formula is C20H34N2. The van der Waals surface area contributed by atoms with Crippen LogP contribution >= 0.6 is 0 Å². The minimum atomic E-state index is 0.509. The molecule has 3 unspecified atom stereocenters. The Labute approximate surface area is 137 Å². The monoisotopic (exact) mass is 302 g/mol. The van der Waals surface area contributed by atoms with E-state index in [-0.39, 0.29) is 0 Å². The van der Waals surface area contributed by atoms with E-state index in [1.165, 1.54) is 24.1 Å². The van der Waals surface area contributed by atoms with Crippen molar-refractivity contribution >= 4 is 5.69 Å². The molecule has 124 valence electrons. The summed E-state index contributed by atoms with van der Waals surface area (Å²) in [5.74, 6) is 1.40. The third-order valence-electron chi connectivity index (χ3n) is 4.59. The third-order valence-corrected chi connectivity index (χ3v) is 4.59. The Bertz CT molecular complexity index is 467. The summed E-state index contributed by atoms with van der Waals surface area (Å²) in [5, 5.41) is 0. The van der Waals surface area contributed by atoms with E-state index in [0.29, 0.717) is 18.0 Å². The highest BCUT2D eigenvalue weighted by Crippen LogP contribution is 2.47. The maximum absolute atomic E-state index is 2.45. The molecule has 1 aromatic rings. The SMILES string of the molecule is CC.CC.CCC1c2ccccc2N2C=CN(C)C2C1CC. The third kappa shape index (κ3) is 3.16. The number of hydrogen-bond acceptors (Lipinski definition) is 2. The molecule has 0 amide bonds. The fraction of sp³-hybridized carbons (Fsp3) is 0.600. The quantitative estimate of drug-likeness (QED) is 0.679. The van der Waals surface area contributed by atoms with Crippen molar-refractivity contribution in [3.8, 4) is 0 Å². The van der Waals surface area contributed by atoms with Crippen molar-refractivity contribution in [1.29, 1.82) is 0 Å². The van der Waals surface area contributed by atoms with Gasteiger partial charge in [0.1, 0.15) is 6.17 Å². The van der Waals surface area contributed by atoms with Gasteiger partial charge in [-0.25, -0.2) is 0 Å². The average molecular weight is 303 g/mol. The minimum Gasteiger partial charge on any atom is -0.358 e. The molecule has 0 spiro atoms. The van der Waals surface area contributed by atoms with E-state index in [1.54, 1.807) is 0 Å². The van der Waals surface area contributed by atoms with Crippen LogP contribution in [0.15, 0.2) is 36.7 Å². The van der Waals surface area contributed by atoms with Crippen LogP contribution in [0.5, 0.6) is 0 Å². The van der Waals surface area contributed by atoms with Crippen molar-refractivity contribution in [2.75, 3.05) is 11.9 Å². The lowest BCUT2D eigenvalue weighted by atomic mass is 9.76. The summed E-state index contributed by atoms with van der Waals surface area (Å²) in [7, 11) is 2.20. The fourth-order valence-electron chi connectivity index (χ4n) is 3.77. The molecule has 2 nitrogen and oxygen atoms in total. The Hall–Kier alpha value is -1.44. The Morgan fingerprint density at radius 3 is 2.14 bits per heavy atom. The predicted molar refractivity (Wildman–Crippen MR) is 99.1 cm³/mol. The fourth-order valence-corrected chi connectivity index (χ4v) is 3.77. The van der Waals surface area contributed by atoms with Crippen LogP contribution in [-0.2, 0) is 0 Å². The number of fused-ring (bicyclic) bond motifs is 3. The first kappa shape index (κ1) is 18.6. The Morgan fingerprint density at radius 2 is 1.55 bits per heavy atom. The lowest BCUT2D eigenvalue weighted by Gasteiger charge is -2.46. The van der Waals surface area contributed by atoms with Gasteiger partial charge in [0.05, 0.1) is 0 Å². The van der Waals surface area contributed by atoms with Crippen LogP contribution in [0.2, 0.25) is 0 Å². The molecule has 0 N–H and O–H groups in total. The first-order valence-electron chi connectivity index (χ1n) is 9.05. The Kier molecular flexibility index (Phi) is 7.50. The van der Waals surface area contributed by atoms with E-state index >= 15 is 0 Å². The van der Waals surface area contributed by atoms with Gasteiger partial charge in [0.25, 0.3) is 0 Å². The summed E-state index contributed by atoms with van der Waals surface area (Å²) in [6, 6.07) is 8.91. The number of rotatable bonds is 2. The van der Waals surface area contributed by atoms with E-state index in [0.717, 1.165) is 0 Å². The van der Waals surface area contributed by atoms with Crippen LogP contribution in [0.4, 0.5) is 5.69 Å². The highest BCUT2D eigenvalue weighted by atomic mass is 15.4. The summed E-state index contributed by atoms with van der Waals surface area (Å²) < 4.78 is 0. The molecule has 3 atom stereocenters. The summed E-state index contributed by atoms with van der Waals surface area (Å²) >= 11 is 0. The van der Waals surface area contributed by atoms with Crippen molar-refractivity contribution in [2.24, 2.45) is 5.92 Å². The minimum absolute atomic E-state index is 0.509. The summed E-state index contributed by atoms with van der Waals surface area (Å²) in [5.41, 5.74) is 2.93. The van der Waals surface area contributed by atoms with E-state index in [4.69, 9.17) is 0 Å². The van der Waals surface area contributed by atoms with Gasteiger partial charge in [0, 0.05) is 31.1 Å². The Balaban J connectivity index is 0.000000561. The van der Waals surface area contributed by atoms with Gasteiger partial charge >= 0.3 is 0 Å². The van der Waals surface area contributed by atoms with Gasteiger partial charge in [-0.15, -0.1) is 0 Å². The van der Waals surface area contributed by atoms with Crippen molar-refractivity contribution in [3.05, 3.63) is 42.2 Å². The van der Waals surface area contributed by atoms with Crippen LogP contribution in [0.1, 0.15) is 65.9 Å². The average Bonchev–Trinajstić information content (AvgIpc) is 2.99. The molecule has 2 heterocycles. The highest BCUT2D eigenvalue weighted by Gasteiger charge is 2.41. The smallest absolute Gasteiger partial charge is 0.108 e. The summed E-state index contributed by atoms with van der Waals surface area (Å²) in [6.45, 7) is 12.6. The van der Waals surface area contributed by atoms with Gasteiger partial charge in [-0.2, -0.15) is 0 Å². The van der Waals surface area contributed by atoms with Crippen LogP contribution in [0, 0.1) is 5.92 Å². The first-order chi connectivity index (χ1) is 10.8. The van der Waals surface area contributed by atoms with Crippen LogP contribution < -0.4 is 4.90 Å². The van der Waals surface area contributed by atoms with Crippen LogP contribution in [0.3, 0.4) is 0 Å². The first-order valence-corrected chi connectivity index (χ1v) is 9.05. The van der Waals surface area contributed by atoms with Crippen molar-refractivity contribution < 1.29 is 0 Å². The molecular weight excluding hydrogens is 268 g/mol. The normalized spacial score (nSPS) is 24.6. The predicted octanol–water partition coefficient (Wildman–Crippen LogP) is 5.82. The topological polar surface area (TPSA) is 6.48 Å². The zero-order valence-electron chi connectivity index (χ0n) is 15.5. The molecule has 0 aliphatic carbocycles. The molecule has 22 heavy (non-hydrogen) atoms. The zero-order chi connectivity index (χ0) is 16.7. The van der Waals surface area contributed by atoms with Crippen LogP contribution in [-0.4, -0.2) is 18.1 Å². The summed E-state index contributed by atoms with van der Waals surface area (Å²) in [4.78, 5) is 4.82. The lowest BCUT2D eigenvalue weighted by molar-refractivity contribution is 0.203. The van der Waals surface area contributed by atoms with E-state index < -0.39 is 0 Å². The highest BCUT2D eigenvalue weighted by molar-refractivity contribution is 5.61. The molecule has 0 bridgehead atoms. The molecule has 2 aliphatic rings. The maximum Gasteiger partial charge on any atom is 0.108 e. The number of benzene rings is 1. The molecule has 0 saturated carbocycles. The maximum atomic E-state index is 2.45. The molecule has 0 radical (unpaired) electrons. The number of nitrogens with zero attached hydrogens (tertiary/aromatic N) is 2. The van der Waals surface area contributed by atoms with Gasteiger partial charge in [0.15, 0.2) is 0 Å². The molecule has 0 fully saturated rings. The Morgan fingerprint density at radius 1 is 0.909 bits per heavy atom. The van der Waals surface area contributed by atoms with Gasteiger partial charge in [-0.1, -0.05) is 59.7 Å². The van der Waals surface area contributed by atoms with Crippen molar-refractivity contribution in [2.45, 2.75) is 66.5 Å². The standard InChI is InChI=1S/C16H22N2.2C2H6/c1-4-12-13(5-2)16-17(3)10-11-18(16)15-9-7-6-8-14(12)15;2*1-2/h6-13,16H,4-5H2,1-3H3;2*1-2H3.